The number of anilines is 2. The minimum absolute atomic E-state index is 0.150. The van der Waals surface area contributed by atoms with Crippen molar-refractivity contribution in [1.82, 2.24) is 0 Å². The molecule has 2 saturated heterocycles. The normalized spacial score (nSPS) is 16.1. The van der Waals surface area contributed by atoms with Crippen molar-refractivity contribution in [2.45, 2.75) is 38.5 Å². The third-order valence-electron chi connectivity index (χ3n) is 7.08. The monoisotopic (exact) mass is 538 g/mol. The number of hydrogen-bond acceptors (Lipinski definition) is 8. The number of rotatable bonds is 9. The van der Waals surface area contributed by atoms with Gasteiger partial charge in [-0.05, 0) is 86.1 Å². The second kappa shape index (κ2) is 14.6. The molecular formula is C32H34N4O4. The van der Waals surface area contributed by atoms with Crippen LogP contribution in [-0.2, 0) is 19.1 Å². The van der Waals surface area contributed by atoms with E-state index in [4.69, 9.17) is 9.47 Å². The van der Waals surface area contributed by atoms with Gasteiger partial charge in [-0.2, -0.15) is 10.5 Å². The third kappa shape index (κ3) is 7.97. The lowest BCUT2D eigenvalue weighted by molar-refractivity contribution is -0.146. The number of nitrogens with zero attached hydrogens (tertiary/aromatic N) is 4. The van der Waals surface area contributed by atoms with Crippen LogP contribution in [0.1, 0.15) is 49.7 Å². The Morgan fingerprint density at radius 2 is 0.975 bits per heavy atom. The van der Waals surface area contributed by atoms with Crippen LogP contribution >= 0.6 is 0 Å². The highest BCUT2D eigenvalue weighted by Gasteiger charge is 2.15. The summed E-state index contributed by atoms with van der Waals surface area (Å²) in [5.74, 6) is -1.60. The fourth-order valence-electron chi connectivity index (χ4n) is 4.90. The van der Waals surface area contributed by atoms with Crippen molar-refractivity contribution in [2.24, 2.45) is 0 Å². The number of benzene rings is 2. The Kier molecular flexibility index (Phi) is 10.4. The smallest absolute Gasteiger partial charge is 0.349 e. The third-order valence-corrected chi connectivity index (χ3v) is 7.08. The van der Waals surface area contributed by atoms with E-state index in [1.807, 2.05) is 60.7 Å². The SMILES string of the molecule is N#C/C(=C\c1ccc(N2CCCCC2)cc1)C(=O)OCCOC(=O)/C(C#N)=C/c1ccc(N2CCCCC2)cc1. The Morgan fingerprint density at radius 1 is 0.625 bits per heavy atom. The number of carbonyl (C=O) groups is 2. The summed E-state index contributed by atoms with van der Waals surface area (Å²) in [5.41, 5.74) is 3.38. The molecule has 0 amide bonds. The Bertz CT molecular complexity index is 1200. The molecule has 2 aliphatic heterocycles. The molecule has 40 heavy (non-hydrogen) atoms. The molecular weight excluding hydrogens is 504 g/mol. The first kappa shape index (κ1) is 28.4. The lowest BCUT2D eigenvalue weighted by Crippen LogP contribution is -2.29. The van der Waals surface area contributed by atoms with Gasteiger partial charge in [-0.15, -0.1) is 0 Å². The summed E-state index contributed by atoms with van der Waals surface area (Å²) in [5, 5.41) is 18.9. The lowest BCUT2D eigenvalue weighted by atomic mass is 10.1. The van der Waals surface area contributed by atoms with Gasteiger partial charge in [0.15, 0.2) is 0 Å². The van der Waals surface area contributed by atoms with Gasteiger partial charge in [0.05, 0.1) is 0 Å². The molecule has 8 heteroatoms. The molecule has 0 aromatic heterocycles. The van der Waals surface area contributed by atoms with Crippen molar-refractivity contribution in [1.29, 1.82) is 10.5 Å². The quantitative estimate of drug-likeness (QED) is 0.184. The van der Waals surface area contributed by atoms with Crippen LogP contribution in [0.4, 0.5) is 11.4 Å². The molecule has 2 heterocycles. The standard InChI is InChI=1S/C32H34N4O4/c33-23-27(21-25-7-11-29(12-8-25)35-15-3-1-4-16-35)31(37)39-19-20-40-32(38)28(24-34)22-26-9-13-30(14-10-26)36-17-5-2-6-18-36/h7-14,21-22H,1-6,15-20H2/b27-21+,28-22+. The highest BCUT2D eigenvalue weighted by atomic mass is 16.6. The van der Waals surface area contributed by atoms with Gasteiger partial charge in [-0.3, -0.25) is 0 Å². The average Bonchev–Trinajstić information content (AvgIpc) is 3.02. The Hall–Kier alpha value is -4.56. The summed E-state index contributed by atoms with van der Waals surface area (Å²) >= 11 is 0. The van der Waals surface area contributed by atoms with E-state index in [0.717, 1.165) is 37.6 Å². The topological polar surface area (TPSA) is 107 Å². The number of piperidine rings is 2. The van der Waals surface area contributed by atoms with Gasteiger partial charge in [0.1, 0.15) is 36.5 Å². The second-order valence-corrected chi connectivity index (χ2v) is 9.89. The van der Waals surface area contributed by atoms with E-state index in [-0.39, 0.29) is 24.4 Å². The Labute approximate surface area is 235 Å². The molecule has 2 aromatic rings. The maximum Gasteiger partial charge on any atom is 0.349 e. The van der Waals surface area contributed by atoms with E-state index in [1.165, 1.54) is 50.7 Å². The Balaban J connectivity index is 1.25. The van der Waals surface area contributed by atoms with Crippen LogP contribution in [0.3, 0.4) is 0 Å². The zero-order valence-electron chi connectivity index (χ0n) is 22.7. The van der Waals surface area contributed by atoms with Crippen molar-refractivity contribution in [3.05, 3.63) is 70.8 Å². The molecule has 0 saturated carbocycles. The highest BCUT2D eigenvalue weighted by Crippen LogP contribution is 2.22. The summed E-state index contributed by atoms with van der Waals surface area (Å²) < 4.78 is 10.2. The van der Waals surface area contributed by atoms with E-state index >= 15 is 0 Å². The predicted molar refractivity (Wildman–Crippen MR) is 154 cm³/mol. The molecule has 0 atom stereocenters. The van der Waals surface area contributed by atoms with Gasteiger partial charge in [0.25, 0.3) is 0 Å². The molecule has 0 spiro atoms. The summed E-state index contributed by atoms with van der Waals surface area (Å²) in [6, 6.07) is 19.2. The first-order valence-electron chi connectivity index (χ1n) is 13.9. The summed E-state index contributed by atoms with van der Waals surface area (Å²) in [4.78, 5) is 29.4. The van der Waals surface area contributed by atoms with E-state index in [9.17, 15) is 20.1 Å². The van der Waals surface area contributed by atoms with Crippen molar-refractivity contribution < 1.29 is 19.1 Å². The van der Waals surface area contributed by atoms with Crippen LogP contribution in [0.2, 0.25) is 0 Å². The fraction of sp³-hybridized carbons (Fsp3) is 0.375. The first-order valence-corrected chi connectivity index (χ1v) is 13.9. The zero-order chi connectivity index (χ0) is 28.2. The molecule has 0 unspecified atom stereocenters. The van der Waals surface area contributed by atoms with E-state index < -0.39 is 11.9 Å². The van der Waals surface area contributed by atoms with Gasteiger partial charge in [-0.1, -0.05) is 24.3 Å². The second-order valence-electron chi connectivity index (χ2n) is 9.89. The molecule has 2 aromatic carbocycles. The van der Waals surface area contributed by atoms with Gasteiger partial charge >= 0.3 is 11.9 Å². The van der Waals surface area contributed by atoms with Crippen LogP contribution in [0, 0.1) is 22.7 Å². The molecule has 2 aliphatic rings. The van der Waals surface area contributed by atoms with Crippen LogP contribution in [0.15, 0.2) is 59.7 Å². The lowest BCUT2D eigenvalue weighted by Gasteiger charge is -2.28. The van der Waals surface area contributed by atoms with Gasteiger partial charge in [0.2, 0.25) is 0 Å². The van der Waals surface area contributed by atoms with Gasteiger partial charge in [0, 0.05) is 37.6 Å². The Morgan fingerprint density at radius 3 is 1.30 bits per heavy atom. The molecule has 4 rings (SSSR count). The van der Waals surface area contributed by atoms with E-state index in [1.54, 1.807) is 0 Å². The summed E-state index contributed by atoms with van der Waals surface area (Å²) in [6.07, 6.45) is 10.2. The van der Waals surface area contributed by atoms with Crippen molar-refractivity contribution in [3.63, 3.8) is 0 Å². The fourth-order valence-corrected chi connectivity index (χ4v) is 4.90. The number of esters is 2. The molecule has 0 N–H and O–H groups in total. The minimum Gasteiger partial charge on any atom is -0.458 e. The van der Waals surface area contributed by atoms with Crippen molar-refractivity contribution in [3.8, 4) is 12.1 Å². The van der Waals surface area contributed by atoms with Crippen LogP contribution in [0.5, 0.6) is 0 Å². The largest absolute Gasteiger partial charge is 0.458 e. The van der Waals surface area contributed by atoms with Crippen molar-refractivity contribution in [2.75, 3.05) is 49.2 Å². The number of hydrogen-bond donors (Lipinski definition) is 0. The number of nitriles is 2. The maximum absolute atomic E-state index is 12.4. The highest BCUT2D eigenvalue weighted by molar-refractivity contribution is 5.98. The zero-order valence-corrected chi connectivity index (χ0v) is 22.7. The number of ether oxygens (including phenoxy) is 2. The van der Waals surface area contributed by atoms with Crippen LogP contribution in [-0.4, -0.2) is 51.3 Å². The number of carbonyl (C=O) groups excluding carboxylic acids is 2. The molecule has 206 valence electrons. The molecule has 8 nitrogen and oxygen atoms in total. The molecule has 0 radical (unpaired) electrons. The van der Waals surface area contributed by atoms with E-state index in [0.29, 0.717) is 11.1 Å². The van der Waals surface area contributed by atoms with Crippen LogP contribution < -0.4 is 9.80 Å². The van der Waals surface area contributed by atoms with Gasteiger partial charge < -0.3 is 19.3 Å². The van der Waals surface area contributed by atoms with Crippen molar-refractivity contribution >= 4 is 35.5 Å². The summed E-state index contributed by atoms with van der Waals surface area (Å²) in [7, 11) is 0. The molecule has 0 bridgehead atoms. The van der Waals surface area contributed by atoms with Gasteiger partial charge in [-0.25, -0.2) is 9.59 Å². The first-order chi connectivity index (χ1) is 19.6. The minimum atomic E-state index is -0.802. The predicted octanol–water partition coefficient (Wildman–Crippen LogP) is 5.27. The summed E-state index contributed by atoms with van der Waals surface area (Å²) in [6.45, 7) is 3.67. The van der Waals surface area contributed by atoms with Crippen LogP contribution in [0.25, 0.3) is 12.2 Å². The van der Waals surface area contributed by atoms with E-state index in [2.05, 4.69) is 9.80 Å². The molecule has 2 fully saturated rings. The molecule has 0 aliphatic carbocycles. The average molecular weight is 539 g/mol. The maximum atomic E-state index is 12.4.